The van der Waals surface area contributed by atoms with E-state index in [0.717, 1.165) is 0 Å². The molecular formula is C4H10NO2S-. The standard InChI is InChI=1S/C4H11NO2S/c1-4(2)3-5-8(6)7/h4-5H,3H2,1-2H3,(H,6,7)/p-1. The summed E-state index contributed by atoms with van der Waals surface area (Å²) in [5, 5.41) is 0. The van der Waals surface area contributed by atoms with E-state index in [9.17, 15) is 8.76 Å². The molecule has 0 aliphatic heterocycles. The highest BCUT2D eigenvalue weighted by atomic mass is 32.2. The maximum atomic E-state index is 9.79. The second-order valence-corrected chi connectivity index (χ2v) is 2.74. The maximum absolute atomic E-state index is 9.79. The number of hydrogen-bond acceptors (Lipinski definition) is 2. The zero-order chi connectivity index (χ0) is 6.57. The number of hydrogen-bond donors (Lipinski definition) is 1. The molecular weight excluding hydrogens is 126 g/mol. The average molecular weight is 136 g/mol. The first kappa shape index (κ1) is 8.07. The quantitative estimate of drug-likeness (QED) is 0.556. The minimum Gasteiger partial charge on any atom is -0.760 e. The van der Waals surface area contributed by atoms with E-state index in [1.165, 1.54) is 0 Å². The van der Waals surface area contributed by atoms with Gasteiger partial charge in [-0.2, -0.15) is 0 Å². The van der Waals surface area contributed by atoms with E-state index in [-0.39, 0.29) is 0 Å². The van der Waals surface area contributed by atoms with Crippen LogP contribution >= 0.6 is 0 Å². The number of nitrogens with one attached hydrogen (secondary N) is 1. The second kappa shape index (κ2) is 4.00. The van der Waals surface area contributed by atoms with Gasteiger partial charge in [0.1, 0.15) is 0 Å². The Morgan fingerprint density at radius 2 is 2.25 bits per heavy atom. The van der Waals surface area contributed by atoms with Gasteiger partial charge in [-0.1, -0.05) is 13.8 Å². The van der Waals surface area contributed by atoms with Crippen LogP contribution in [0.25, 0.3) is 0 Å². The fourth-order valence-electron chi connectivity index (χ4n) is 0.235. The lowest BCUT2D eigenvalue weighted by molar-refractivity contribution is 0.511. The SMILES string of the molecule is CC(C)CNS(=O)[O-]. The largest absolute Gasteiger partial charge is 0.760 e. The van der Waals surface area contributed by atoms with Crippen molar-refractivity contribution in [1.82, 2.24) is 4.72 Å². The molecule has 3 nitrogen and oxygen atoms in total. The predicted octanol–water partition coefficient (Wildman–Crippen LogP) is 0.0261. The van der Waals surface area contributed by atoms with Gasteiger partial charge in [0.15, 0.2) is 0 Å². The lowest BCUT2D eigenvalue weighted by Crippen LogP contribution is -2.21. The highest BCUT2D eigenvalue weighted by Gasteiger charge is 1.89. The van der Waals surface area contributed by atoms with Gasteiger partial charge < -0.3 is 4.55 Å². The summed E-state index contributed by atoms with van der Waals surface area (Å²) in [5.74, 6) is 0.382. The zero-order valence-corrected chi connectivity index (χ0v) is 5.83. The maximum Gasteiger partial charge on any atom is 0.0181 e. The highest BCUT2D eigenvalue weighted by Crippen LogP contribution is 1.86. The van der Waals surface area contributed by atoms with Gasteiger partial charge in [0.2, 0.25) is 0 Å². The summed E-state index contributed by atoms with van der Waals surface area (Å²) < 4.78 is 21.8. The Kier molecular flexibility index (Phi) is 4.03. The van der Waals surface area contributed by atoms with Gasteiger partial charge in [-0.05, 0) is 5.92 Å². The predicted molar refractivity (Wildman–Crippen MR) is 31.8 cm³/mol. The van der Waals surface area contributed by atoms with Crippen molar-refractivity contribution in [1.29, 1.82) is 0 Å². The second-order valence-electron chi connectivity index (χ2n) is 1.98. The molecule has 0 aromatic carbocycles. The third-order valence-electron chi connectivity index (χ3n) is 0.609. The smallest absolute Gasteiger partial charge is 0.0181 e. The van der Waals surface area contributed by atoms with Gasteiger partial charge in [0.25, 0.3) is 0 Å². The molecule has 0 spiro atoms. The summed E-state index contributed by atoms with van der Waals surface area (Å²) in [6.45, 7) is 4.41. The van der Waals surface area contributed by atoms with Gasteiger partial charge in [0.05, 0.1) is 0 Å². The molecule has 0 saturated carbocycles. The van der Waals surface area contributed by atoms with E-state index in [1.807, 2.05) is 13.8 Å². The van der Waals surface area contributed by atoms with Crippen LogP contribution in [0.4, 0.5) is 0 Å². The van der Waals surface area contributed by atoms with Gasteiger partial charge in [0, 0.05) is 17.8 Å². The van der Waals surface area contributed by atoms with Gasteiger partial charge >= 0.3 is 0 Å². The van der Waals surface area contributed by atoms with Gasteiger partial charge in [-0.25, -0.2) is 4.72 Å². The van der Waals surface area contributed by atoms with Crippen molar-refractivity contribution in [2.45, 2.75) is 13.8 Å². The molecule has 0 heterocycles. The third-order valence-corrected chi connectivity index (χ3v) is 1.01. The van der Waals surface area contributed by atoms with E-state index in [1.54, 1.807) is 0 Å². The molecule has 0 aromatic heterocycles. The molecule has 50 valence electrons. The minimum atomic E-state index is -2.09. The molecule has 0 bridgehead atoms. The van der Waals surface area contributed by atoms with Crippen LogP contribution in [-0.4, -0.2) is 15.3 Å². The average Bonchev–Trinajstić information content (AvgIpc) is 1.61. The Balaban J connectivity index is 3.05. The molecule has 1 unspecified atom stereocenters. The van der Waals surface area contributed by atoms with E-state index in [4.69, 9.17) is 0 Å². The number of rotatable bonds is 3. The molecule has 1 N–H and O–H groups in total. The van der Waals surface area contributed by atoms with E-state index in [0.29, 0.717) is 12.5 Å². The first-order valence-corrected chi connectivity index (χ1v) is 3.53. The summed E-state index contributed by atoms with van der Waals surface area (Å²) in [7, 11) is 0. The lowest BCUT2D eigenvalue weighted by atomic mass is 10.2. The van der Waals surface area contributed by atoms with Crippen LogP contribution in [0.5, 0.6) is 0 Å². The summed E-state index contributed by atoms with van der Waals surface area (Å²) >= 11 is -2.09. The van der Waals surface area contributed by atoms with Crippen LogP contribution in [0.1, 0.15) is 13.8 Å². The van der Waals surface area contributed by atoms with Crippen LogP contribution in [-0.2, 0) is 11.3 Å². The molecule has 1 atom stereocenters. The van der Waals surface area contributed by atoms with Crippen LogP contribution in [0.15, 0.2) is 0 Å². The van der Waals surface area contributed by atoms with E-state index < -0.39 is 11.3 Å². The molecule has 8 heavy (non-hydrogen) atoms. The van der Waals surface area contributed by atoms with Crippen molar-refractivity contribution in [2.24, 2.45) is 5.92 Å². The van der Waals surface area contributed by atoms with Crippen molar-refractivity contribution < 1.29 is 8.76 Å². The highest BCUT2D eigenvalue weighted by molar-refractivity contribution is 7.77. The fourth-order valence-corrected chi connectivity index (χ4v) is 0.704. The molecule has 0 amide bonds. The summed E-state index contributed by atoms with van der Waals surface area (Å²) in [5.41, 5.74) is 0. The molecule has 0 saturated heterocycles. The minimum absolute atomic E-state index is 0.382. The summed E-state index contributed by atoms with van der Waals surface area (Å²) in [6, 6.07) is 0. The molecule has 4 heteroatoms. The molecule has 0 fully saturated rings. The van der Waals surface area contributed by atoms with Crippen LogP contribution < -0.4 is 4.72 Å². The topological polar surface area (TPSA) is 52.2 Å². The van der Waals surface area contributed by atoms with E-state index >= 15 is 0 Å². The molecule has 0 rings (SSSR count). The molecule has 0 radical (unpaired) electrons. The summed E-state index contributed by atoms with van der Waals surface area (Å²) in [4.78, 5) is 0. The third kappa shape index (κ3) is 6.07. The Hall–Kier alpha value is 0.0700. The van der Waals surface area contributed by atoms with Crippen molar-refractivity contribution in [3.8, 4) is 0 Å². The molecule has 0 aliphatic rings. The van der Waals surface area contributed by atoms with Gasteiger partial charge in [-0.3, -0.25) is 4.21 Å². The van der Waals surface area contributed by atoms with Crippen molar-refractivity contribution in [3.63, 3.8) is 0 Å². The lowest BCUT2D eigenvalue weighted by Gasteiger charge is -2.08. The Labute approximate surface area is 51.9 Å². The van der Waals surface area contributed by atoms with Gasteiger partial charge in [-0.15, -0.1) is 0 Å². The van der Waals surface area contributed by atoms with E-state index in [2.05, 4.69) is 4.72 Å². The van der Waals surface area contributed by atoms with Crippen molar-refractivity contribution in [3.05, 3.63) is 0 Å². The normalized spacial score (nSPS) is 14.5. The Morgan fingerprint density at radius 3 is 2.38 bits per heavy atom. The molecule has 0 aromatic rings. The van der Waals surface area contributed by atoms with Crippen molar-refractivity contribution >= 4 is 11.3 Å². The monoisotopic (exact) mass is 136 g/mol. The van der Waals surface area contributed by atoms with Crippen LogP contribution in [0.2, 0.25) is 0 Å². The van der Waals surface area contributed by atoms with Crippen LogP contribution in [0, 0.1) is 5.92 Å². The Bertz CT molecular complexity index is 84.1. The van der Waals surface area contributed by atoms with Crippen LogP contribution in [0.3, 0.4) is 0 Å². The first-order valence-electron chi connectivity index (χ1n) is 2.45. The summed E-state index contributed by atoms with van der Waals surface area (Å²) in [6.07, 6.45) is 0. The first-order chi connectivity index (χ1) is 3.63. The Morgan fingerprint density at radius 1 is 1.75 bits per heavy atom. The fraction of sp³-hybridized carbons (Fsp3) is 1.00. The van der Waals surface area contributed by atoms with Crippen molar-refractivity contribution in [2.75, 3.05) is 6.54 Å². The zero-order valence-electron chi connectivity index (χ0n) is 5.01. The molecule has 0 aliphatic carbocycles.